The Labute approximate surface area is 252 Å². The van der Waals surface area contributed by atoms with Crippen molar-refractivity contribution in [3.05, 3.63) is 39.9 Å². The maximum Gasteiger partial charge on any atom is 0.264 e. The van der Waals surface area contributed by atoms with Crippen molar-refractivity contribution in [3.63, 3.8) is 0 Å². The van der Waals surface area contributed by atoms with E-state index in [9.17, 15) is 4.79 Å². The summed E-state index contributed by atoms with van der Waals surface area (Å²) in [6, 6.07) is 5.03. The standard InChI is InChI=1S/C30H42ClN7O3Si/c1-6-38-16-22-23(34-38)8-7-20(26(22)31)21-15-37(19-40-13-14-42(3,4)5)27-25(21)28(39)35(2)29(33-27)36-11-9-30(10-12-36)18-41-17-24(30)32/h7-8,15-16,24H,6,9-14,17-19,32H2,1-5H3/t24-/m1/s1. The van der Waals surface area contributed by atoms with Gasteiger partial charge < -0.3 is 24.7 Å². The van der Waals surface area contributed by atoms with Gasteiger partial charge in [0.2, 0.25) is 5.95 Å². The van der Waals surface area contributed by atoms with Gasteiger partial charge in [0.05, 0.1) is 29.1 Å². The van der Waals surface area contributed by atoms with Crippen LogP contribution in [0.4, 0.5) is 5.95 Å². The minimum Gasteiger partial charge on any atom is -0.379 e. The van der Waals surface area contributed by atoms with Gasteiger partial charge in [-0.2, -0.15) is 10.1 Å². The maximum atomic E-state index is 14.1. The van der Waals surface area contributed by atoms with Crippen LogP contribution in [0.15, 0.2) is 29.3 Å². The van der Waals surface area contributed by atoms with Crippen molar-refractivity contribution in [2.24, 2.45) is 18.2 Å². The predicted octanol–water partition coefficient (Wildman–Crippen LogP) is 4.68. The molecule has 226 valence electrons. The number of piperidine rings is 1. The molecule has 0 bridgehead atoms. The van der Waals surface area contributed by atoms with E-state index in [-0.39, 0.29) is 17.0 Å². The van der Waals surface area contributed by atoms with Crippen molar-refractivity contribution in [1.29, 1.82) is 0 Å². The fourth-order valence-electron chi connectivity index (χ4n) is 6.25. The second-order valence-corrected chi connectivity index (χ2v) is 19.2. The minimum absolute atomic E-state index is 0.0119. The molecular weight excluding hydrogens is 570 g/mol. The average molecular weight is 612 g/mol. The number of nitrogens with two attached hydrogens (primary N) is 1. The van der Waals surface area contributed by atoms with Crippen molar-refractivity contribution in [1.82, 2.24) is 23.9 Å². The number of rotatable bonds is 8. The van der Waals surface area contributed by atoms with E-state index in [0.717, 1.165) is 60.5 Å². The molecule has 6 rings (SSSR count). The van der Waals surface area contributed by atoms with E-state index in [1.807, 2.05) is 40.7 Å². The number of aryl methyl sites for hydroxylation is 1. The van der Waals surface area contributed by atoms with Crippen LogP contribution in [0.25, 0.3) is 33.1 Å². The number of aromatic nitrogens is 5. The number of ether oxygens (including phenoxy) is 2. The van der Waals surface area contributed by atoms with Crippen LogP contribution in [-0.2, 0) is 29.8 Å². The van der Waals surface area contributed by atoms with Gasteiger partial charge in [0, 0.05) is 81.7 Å². The summed E-state index contributed by atoms with van der Waals surface area (Å²) in [6.45, 7) is 13.6. The Kier molecular flexibility index (Phi) is 7.76. The Balaban J connectivity index is 1.42. The van der Waals surface area contributed by atoms with Crippen LogP contribution < -0.4 is 16.2 Å². The first-order valence-electron chi connectivity index (χ1n) is 14.9. The number of fused-ring (bicyclic) bond motifs is 2. The fraction of sp³-hybridized carbons (Fsp3) is 0.567. The fourth-order valence-corrected chi connectivity index (χ4v) is 7.32. The van der Waals surface area contributed by atoms with Crippen LogP contribution in [0.3, 0.4) is 0 Å². The minimum atomic E-state index is -1.25. The molecule has 10 nitrogen and oxygen atoms in total. The van der Waals surface area contributed by atoms with Gasteiger partial charge in [-0.1, -0.05) is 37.3 Å². The molecule has 12 heteroatoms. The van der Waals surface area contributed by atoms with Crippen LogP contribution in [0.2, 0.25) is 30.7 Å². The Morgan fingerprint density at radius 3 is 2.62 bits per heavy atom. The van der Waals surface area contributed by atoms with E-state index in [1.165, 1.54) is 0 Å². The third-order valence-electron chi connectivity index (χ3n) is 9.10. The van der Waals surface area contributed by atoms with Crippen molar-refractivity contribution in [2.45, 2.75) is 64.8 Å². The van der Waals surface area contributed by atoms with E-state index < -0.39 is 8.07 Å². The van der Waals surface area contributed by atoms with Crippen LogP contribution in [0, 0.1) is 5.41 Å². The number of halogens is 1. The van der Waals surface area contributed by atoms with E-state index in [4.69, 9.17) is 31.8 Å². The molecule has 3 aromatic heterocycles. The lowest BCUT2D eigenvalue weighted by molar-refractivity contribution is 0.0899. The summed E-state index contributed by atoms with van der Waals surface area (Å²) in [5.74, 6) is 0.661. The van der Waals surface area contributed by atoms with E-state index >= 15 is 0 Å². The van der Waals surface area contributed by atoms with Gasteiger partial charge in [-0.05, 0) is 31.9 Å². The summed E-state index contributed by atoms with van der Waals surface area (Å²) in [6.07, 6.45) is 5.75. The molecule has 5 heterocycles. The summed E-state index contributed by atoms with van der Waals surface area (Å²) >= 11 is 7.00. The molecule has 4 aromatic rings. The van der Waals surface area contributed by atoms with Crippen molar-refractivity contribution >= 4 is 47.6 Å². The molecule has 0 saturated carbocycles. The SMILES string of the molecule is CCn1cc2c(Cl)c(-c3cn(COCC[Si](C)(C)C)c4nc(N5CCC6(CC5)COC[C@H]6N)n(C)c(=O)c34)ccc2n1. The molecule has 2 aliphatic rings. The van der Waals surface area contributed by atoms with E-state index in [0.29, 0.717) is 48.6 Å². The van der Waals surface area contributed by atoms with Gasteiger partial charge in [-0.25, -0.2) is 0 Å². The molecule has 2 fully saturated rings. The summed E-state index contributed by atoms with van der Waals surface area (Å²) in [5, 5.41) is 6.58. The third kappa shape index (κ3) is 5.19. The van der Waals surface area contributed by atoms with Gasteiger partial charge >= 0.3 is 0 Å². The molecule has 0 radical (unpaired) electrons. The monoisotopic (exact) mass is 611 g/mol. The number of hydrogen-bond donors (Lipinski definition) is 1. The molecule has 1 atom stereocenters. The average Bonchev–Trinajstić information content (AvgIpc) is 3.65. The predicted molar refractivity (Wildman–Crippen MR) is 171 cm³/mol. The highest BCUT2D eigenvalue weighted by atomic mass is 35.5. The van der Waals surface area contributed by atoms with Gasteiger partial charge in [-0.15, -0.1) is 0 Å². The molecule has 2 N–H and O–H groups in total. The zero-order valence-electron chi connectivity index (χ0n) is 25.3. The van der Waals surface area contributed by atoms with Crippen molar-refractivity contribution < 1.29 is 9.47 Å². The number of benzene rings is 1. The third-order valence-corrected chi connectivity index (χ3v) is 11.2. The van der Waals surface area contributed by atoms with E-state index in [1.54, 1.807) is 11.6 Å². The van der Waals surface area contributed by atoms with Crippen molar-refractivity contribution in [3.8, 4) is 11.1 Å². The highest BCUT2D eigenvalue weighted by Crippen LogP contribution is 2.40. The lowest BCUT2D eigenvalue weighted by atomic mass is 9.75. The number of nitrogens with zero attached hydrogens (tertiary/aromatic N) is 6. The topological polar surface area (TPSA) is 105 Å². The van der Waals surface area contributed by atoms with Gasteiger partial charge in [0.25, 0.3) is 5.56 Å². The molecule has 0 amide bonds. The molecule has 1 spiro atoms. The summed E-state index contributed by atoms with van der Waals surface area (Å²) in [5.41, 5.74) is 9.31. The van der Waals surface area contributed by atoms with Crippen LogP contribution in [0.5, 0.6) is 0 Å². The Hall–Kier alpha value is -2.70. The largest absolute Gasteiger partial charge is 0.379 e. The lowest BCUT2D eigenvalue weighted by Crippen LogP contribution is -2.50. The van der Waals surface area contributed by atoms with Crippen LogP contribution in [-0.4, -0.2) is 70.9 Å². The highest BCUT2D eigenvalue weighted by Gasteiger charge is 2.44. The molecule has 2 aliphatic heterocycles. The van der Waals surface area contributed by atoms with Gasteiger partial charge in [0.15, 0.2) is 5.65 Å². The van der Waals surface area contributed by atoms with Crippen LogP contribution in [0.1, 0.15) is 19.8 Å². The highest BCUT2D eigenvalue weighted by molar-refractivity contribution is 6.76. The smallest absolute Gasteiger partial charge is 0.264 e. The second kappa shape index (κ2) is 11.1. The molecule has 42 heavy (non-hydrogen) atoms. The molecule has 0 unspecified atom stereocenters. The normalized spacial score (nSPS) is 19.1. The molecule has 0 aliphatic carbocycles. The first kappa shape index (κ1) is 29.4. The quantitative estimate of drug-likeness (QED) is 0.228. The first-order chi connectivity index (χ1) is 20.0. The first-order valence-corrected chi connectivity index (χ1v) is 19.0. The molecule has 2 saturated heterocycles. The Morgan fingerprint density at radius 2 is 1.95 bits per heavy atom. The maximum absolute atomic E-state index is 14.1. The summed E-state index contributed by atoms with van der Waals surface area (Å²) in [4.78, 5) is 21.5. The number of anilines is 1. The van der Waals surface area contributed by atoms with Gasteiger partial charge in [0.1, 0.15) is 6.73 Å². The van der Waals surface area contributed by atoms with Gasteiger partial charge in [-0.3, -0.25) is 14.0 Å². The zero-order chi connectivity index (χ0) is 29.8. The Morgan fingerprint density at radius 1 is 1.19 bits per heavy atom. The number of hydrogen-bond acceptors (Lipinski definition) is 7. The molecular formula is C30H42ClN7O3Si. The van der Waals surface area contributed by atoms with Crippen molar-refractivity contribution in [2.75, 3.05) is 37.8 Å². The molecule has 1 aromatic carbocycles. The second-order valence-electron chi connectivity index (χ2n) is 13.2. The Bertz CT molecular complexity index is 1680. The summed E-state index contributed by atoms with van der Waals surface area (Å²) < 4.78 is 17.4. The summed E-state index contributed by atoms with van der Waals surface area (Å²) in [7, 11) is 0.555. The van der Waals surface area contributed by atoms with Crippen LogP contribution >= 0.6 is 11.6 Å². The van der Waals surface area contributed by atoms with E-state index in [2.05, 4.69) is 29.6 Å². The lowest BCUT2D eigenvalue weighted by Gasteiger charge is -2.41. The zero-order valence-corrected chi connectivity index (χ0v) is 27.1.